The van der Waals surface area contributed by atoms with E-state index in [9.17, 15) is 9.18 Å². The Bertz CT molecular complexity index is 870. The number of hydrogen-bond acceptors (Lipinski definition) is 2. The first-order valence-corrected chi connectivity index (χ1v) is 7.42. The van der Waals surface area contributed by atoms with Crippen LogP contribution >= 0.6 is 0 Å². The fourth-order valence-corrected chi connectivity index (χ4v) is 2.83. The summed E-state index contributed by atoms with van der Waals surface area (Å²) in [6.07, 6.45) is 3.59. The molecule has 0 aliphatic carbocycles. The Morgan fingerprint density at radius 1 is 1.26 bits per heavy atom. The van der Waals surface area contributed by atoms with Crippen LogP contribution in [0.2, 0.25) is 0 Å². The van der Waals surface area contributed by atoms with Crippen LogP contribution in [0.25, 0.3) is 11.0 Å². The van der Waals surface area contributed by atoms with Crippen LogP contribution in [0.5, 0.6) is 0 Å². The molecule has 118 valence electrons. The zero-order valence-electron chi connectivity index (χ0n) is 13.3. The first-order chi connectivity index (χ1) is 11.0. The number of carbonyl (C=O) groups excluding carboxylic acids is 1. The van der Waals surface area contributed by atoms with Crippen molar-refractivity contribution in [3.63, 3.8) is 0 Å². The van der Waals surface area contributed by atoms with Gasteiger partial charge in [0.15, 0.2) is 0 Å². The molecule has 0 radical (unpaired) electrons. The molecular weight excluding hydrogens is 293 g/mol. The Morgan fingerprint density at radius 3 is 2.78 bits per heavy atom. The number of aromatic nitrogens is 2. The van der Waals surface area contributed by atoms with Crippen LogP contribution in [-0.2, 0) is 0 Å². The summed E-state index contributed by atoms with van der Waals surface area (Å²) < 4.78 is 13.8. The number of rotatable bonds is 3. The SMILES string of the molecule is CC(c1cc(F)ccc1C(=O)N(C)C)c1c[nH]c2ncccc12. The molecule has 1 unspecified atom stereocenters. The molecule has 5 heteroatoms. The van der Waals surface area contributed by atoms with Crippen molar-refractivity contribution in [1.82, 2.24) is 14.9 Å². The second-order valence-corrected chi connectivity index (χ2v) is 5.80. The summed E-state index contributed by atoms with van der Waals surface area (Å²) in [4.78, 5) is 21.3. The Hall–Kier alpha value is -2.69. The van der Waals surface area contributed by atoms with Crippen molar-refractivity contribution in [2.24, 2.45) is 0 Å². The zero-order chi connectivity index (χ0) is 16.6. The van der Waals surface area contributed by atoms with Gasteiger partial charge in [-0.15, -0.1) is 0 Å². The molecule has 0 spiro atoms. The Balaban J connectivity index is 2.14. The number of H-pyrrole nitrogens is 1. The summed E-state index contributed by atoms with van der Waals surface area (Å²) in [5, 5.41) is 0.979. The topological polar surface area (TPSA) is 49.0 Å². The van der Waals surface area contributed by atoms with Crippen molar-refractivity contribution in [1.29, 1.82) is 0 Å². The maximum absolute atomic E-state index is 13.8. The maximum Gasteiger partial charge on any atom is 0.253 e. The van der Waals surface area contributed by atoms with Crippen LogP contribution in [0.4, 0.5) is 4.39 Å². The first-order valence-electron chi connectivity index (χ1n) is 7.42. The number of halogens is 1. The summed E-state index contributed by atoms with van der Waals surface area (Å²) in [5.41, 5.74) is 2.97. The quantitative estimate of drug-likeness (QED) is 0.804. The molecule has 2 aromatic heterocycles. The summed E-state index contributed by atoms with van der Waals surface area (Å²) in [6.45, 7) is 1.97. The van der Waals surface area contributed by atoms with Gasteiger partial charge >= 0.3 is 0 Å². The zero-order valence-corrected chi connectivity index (χ0v) is 13.3. The number of nitrogens with one attached hydrogen (secondary N) is 1. The maximum atomic E-state index is 13.8. The average molecular weight is 311 g/mol. The van der Waals surface area contributed by atoms with Crippen molar-refractivity contribution in [2.75, 3.05) is 14.1 Å². The number of amides is 1. The van der Waals surface area contributed by atoms with E-state index in [1.54, 1.807) is 26.4 Å². The standard InChI is InChI=1S/C18H18FN3O/c1-11(16-10-21-17-13(16)5-4-8-20-17)15-9-12(19)6-7-14(15)18(23)22(2)3/h4-11H,1-3H3,(H,20,21). The predicted molar refractivity (Wildman–Crippen MR) is 88.0 cm³/mol. The number of benzene rings is 1. The van der Waals surface area contributed by atoms with Crippen LogP contribution < -0.4 is 0 Å². The van der Waals surface area contributed by atoms with Crippen molar-refractivity contribution in [3.05, 3.63) is 65.2 Å². The Kier molecular flexibility index (Phi) is 3.86. The molecule has 1 atom stereocenters. The van der Waals surface area contributed by atoms with E-state index in [4.69, 9.17) is 0 Å². The van der Waals surface area contributed by atoms with Gasteiger partial charge in [0.05, 0.1) is 0 Å². The lowest BCUT2D eigenvalue weighted by Gasteiger charge is -2.18. The smallest absolute Gasteiger partial charge is 0.253 e. The number of fused-ring (bicyclic) bond motifs is 1. The molecule has 3 rings (SSSR count). The number of hydrogen-bond donors (Lipinski definition) is 1. The van der Waals surface area contributed by atoms with E-state index in [1.165, 1.54) is 17.0 Å². The highest BCUT2D eigenvalue weighted by Gasteiger charge is 2.21. The molecule has 3 aromatic rings. The van der Waals surface area contributed by atoms with Crippen molar-refractivity contribution in [2.45, 2.75) is 12.8 Å². The van der Waals surface area contributed by atoms with Crippen molar-refractivity contribution >= 4 is 16.9 Å². The second-order valence-electron chi connectivity index (χ2n) is 5.80. The van der Waals surface area contributed by atoms with Gasteiger partial charge in [-0.2, -0.15) is 0 Å². The van der Waals surface area contributed by atoms with E-state index in [-0.39, 0.29) is 17.6 Å². The minimum atomic E-state index is -0.347. The number of nitrogens with zero attached hydrogens (tertiary/aromatic N) is 2. The van der Waals surface area contributed by atoms with Gasteiger partial charge in [0.2, 0.25) is 0 Å². The van der Waals surface area contributed by atoms with Crippen LogP contribution in [0.3, 0.4) is 0 Å². The third-order valence-electron chi connectivity index (χ3n) is 4.07. The molecular formula is C18H18FN3O. The molecule has 1 amide bonds. The normalized spacial score (nSPS) is 12.3. The fourth-order valence-electron chi connectivity index (χ4n) is 2.83. The Labute approximate surface area is 134 Å². The van der Waals surface area contributed by atoms with Gasteiger partial charge in [0.25, 0.3) is 5.91 Å². The summed E-state index contributed by atoms with van der Waals surface area (Å²) in [6, 6.07) is 8.15. The van der Waals surface area contributed by atoms with Gasteiger partial charge in [0, 0.05) is 43.4 Å². The van der Waals surface area contributed by atoms with E-state index in [0.717, 1.165) is 16.6 Å². The molecule has 0 aliphatic heterocycles. The van der Waals surface area contributed by atoms with E-state index in [0.29, 0.717) is 11.1 Å². The average Bonchev–Trinajstić information content (AvgIpc) is 2.97. The van der Waals surface area contributed by atoms with Crippen LogP contribution in [0.15, 0.2) is 42.7 Å². The third kappa shape index (κ3) is 2.70. The molecule has 0 bridgehead atoms. The molecule has 0 saturated heterocycles. The highest BCUT2D eigenvalue weighted by atomic mass is 19.1. The van der Waals surface area contributed by atoms with Gasteiger partial charge in [-0.3, -0.25) is 4.79 Å². The predicted octanol–water partition coefficient (Wildman–Crippen LogP) is 3.56. The van der Waals surface area contributed by atoms with E-state index in [1.807, 2.05) is 25.3 Å². The molecule has 0 fully saturated rings. The van der Waals surface area contributed by atoms with Gasteiger partial charge in [-0.1, -0.05) is 6.92 Å². The summed E-state index contributed by atoms with van der Waals surface area (Å²) in [7, 11) is 3.38. The minimum absolute atomic E-state index is 0.134. The summed E-state index contributed by atoms with van der Waals surface area (Å²) >= 11 is 0. The molecule has 1 N–H and O–H groups in total. The number of carbonyl (C=O) groups is 1. The Morgan fingerprint density at radius 2 is 2.04 bits per heavy atom. The van der Waals surface area contributed by atoms with Crippen molar-refractivity contribution < 1.29 is 9.18 Å². The highest BCUT2D eigenvalue weighted by molar-refractivity contribution is 5.96. The van der Waals surface area contributed by atoms with E-state index in [2.05, 4.69) is 9.97 Å². The summed E-state index contributed by atoms with van der Waals surface area (Å²) in [5.74, 6) is -0.618. The molecule has 0 aliphatic rings. The van der Waals surface area contributed by atoms with Crippen LogP contribution in [0, 0.1) is 5.82 Å². The molecule has 0 saturated carbocycles. The van der Waals surface area contributed by atoms with Crippen molar-refractivity contribution in [3.8, 4) is 0 Å². The van der Waals surface area contributed by atoms with Gasteiger partial charge < -0.3 is 9.88 Å². The largest absolute Gasteiger partial charge is 0.346 e. The highest BCUT2D eigenvalue weighted by Crippen LogP contribution is 2.32. The molecule has 1 aromatic carbocycles. The minimum Gasteiger partial charge on any atom is -0.346 e. The van der Waals surface area contributed by atoms with Gasteiger partial charge in [-0.25, -0.2) is 9.37 Å². The number of aromatic amines is 1. The van der Waals surface area contributed by atoms with Crippen LogP contribution in [-0.4, -0.2) is 34.9 Å². The van der Waals surface area contributed by atoms with Crippen LogP contribution in [0.1, 0.15) is 34.3 Å². The van der Waals surface area contributed by atoms with Gasteiger partial charge in [-0.05, 0) is 41.5 Å². The molecule has 23 heavy (non-hydrogen) atoms. The third-order valence-corrected chi connectivity index (χ3v) is 4.07. The second kappa shape index (κ2) is 5.83. The monoisotopic (exact) mass is 311 g/mol. The van der Waals surface area contributed by atoms with E-state index >= 15 is 0 Å². The van der Waals surface area contributed by atoms with Gasteiger partial charge in [0.1, 0.15) is 11.5 Å². The number of pyridine rings is 1. The lowest BCUT2D eigenvalue weighted by molar-refractivity contribution is 0.0826. The first kappa shape index (κ1) is 15.2. The van der Waals surface area contributed by atoms with E-state index < -0.39 is 0 Å². The molecule has 2 heterocycles. The lowest BCUT2D eigenvalue weighted by atomic mass is 9.89. The lowest BCUT2D eigenvalue weighted by Crippen LogP contribution is -2.23. The fraction of sp³-hybridized carbons (Fsp3) is 0.222. The molecule has 4 nitrogen and oxygen atoms in total.